The van der Waals surface area contributed by atoms with Crippen molar-refractivity contribution in [2.45, 2.75) is 6.92 Å². The molecular weight excluding hydrogens is 256 g/mol. The molecule has 0 amide bonds. The van der Waals surface area contributed by atoms with Crippen LogP contribution in [0.3, 0.4) is 0 Å². The van der Waals surface area contributed by atoms with Crippen molar-refractivity contribution in [3.05, 3.63) is 51.0 Å². The van der Waals surface area contributed by atoms with E-state index in [0.29, 0.717) is 10.6 Å². The number of halogens is 1. The molecule has 0 aliphatic carbocycles. The lowest BCUT2D eigenvalue weighted by molar-refractivity contribution is 0.0696. The zero-order valence-electron chi connectivity index (χ0n) is 9.40. The molecule has 2 aromatic rings. The van der Waals surface area contributed by atoms with Crippen molar-refractivity contribution in [3.8, 4) is 11.3 Å². The number of H-pyrrole nitrogens is 1. The van der Waals surface area contributed by atoms with Gasteiger partial charge in [-0.15, -0.1) is 0 Å². The van der Waals surface area contributed by atoms with Crippen LogP contribution >= 0.6 is 11.6 Å². The molecular formula is C12H9ClN2O3. The first-order valence-corrected chi connectivity index (χ1v) is 5.47. The first-order chi connectivity index (χ1) is 8.49. The number of hydrogen-bond acceptors (Lipinski definition) is 3. The molecule has 1 aromatic carbocycles. The van der Waals surface area contributed by atoms with Gasteiger partial charge in [0.1, 0.15) is 5.56 Å². The number of hydrogen-bond donors (Lipinski definition) is 2. The predicted octanol–water partition coefficient (Wildman–Crippen LogP) is 2.10. The number of benzene rings is 1. The van der Waals surface area contributed by atoms with E-state index in [1.165, 1.54) is 6.92 Å². The molecule has 0 fully saturated rings. The number of carbonyl (C=O) groups is 1. The number of carboxylic acid groups (broad SMARTS) is 1. The highest BCUT2D eigenvalue weighted by Crippen LogP contribution is 2.23. The highest BCUT2D eigenvalue weighted by Gasteiger charge is 2.17. The quantitative estimate of drug-likeness (QED) is 0.870. The first-order valence-electron chi connectivity index (χ1n) is 5.09. The summed E-state index contributed by atoms with van der Waals surface area (Å²) in [5, 5.41) is 9.69. The number of rotatable bonds is 2. The molecule has 0 bridgehead atoms. The third-order valence-electron chi connectivity index (χ3n) is 2.45. The van der Waals surface area contributed by atoms with Gasteiger partial charge in [0.25, 0.3) is 0 Å². The molecule has 0 unspecified atom stereocenters. The van der Waals surface area contributed by atoms with Crippen LogP contribution in [0, 0.1) is 6.92 Å². The highest BCUT2D eigenvalue weighted by atomic mass is 35.5. The van der Waals surface area contributed by atoms with Crippen molar-refractivity contribution in [1.82, 2.24) is 9.97 Å². The SMILES string of the molecule is Cc1[nH]c(=O)nc(-c2ccc(Cl)cc2)c1C(=O)O. The van der Waals surface area contributed by atoms with Gasteiger partial charge < -0.3 is 10.1 Å². The summed E-state index contributed by atoms with van der Waals surface area (Å²) in [7, 11) is 0. The van der Waals surface area contributed by atoms with Crippen molar-refractivity contribution in [2.75, 3.05) is 0 Å². The standard InChI is InChI=1S/C12H9ClN2O3/c1-6-9(11(16)17)10(15-12(18)14-6)7-2-4-8(13)5-3-7/h2-5H,1H3,(H,16,17)(H,14,15,18). The average Bonchev–Trinajstić information content (AvgIpc) is 2.28. The van der Waals surface area contributed by atoms with Gasteiger partial charge in [0.2, 0.25) is 0 Å². The summed E-state index contributed by atoms with van der Waals surface area (Å²) < 4.78 is 0. The van der Waals surface area contributed by atoms with E-state index in [0.717, 1.165) is 0 Å². The molecule has 0 saturated carbocycles. The summed E-state index contributed by atoms with van der Waals surface area (Å²) in [5.41, 5.74) is 0.346. The maximum absolute atomic E-state index is 11.3. The number of carboxylic acids is 1. The Morgan fingerprint density at radius 3 is 2.50 bits per heavy atom. The lowest BCUT2D eigenvalue weighted by atomic mass is 10.1. The minimum absolute atomic E-state index is 0.0167. The molecule has 0 aliphatic heterocycles. The van der Waals surface area contributed by atoms with Crippen LogP contribution < -0.4 is 5.69 Å². The van der Waals surface area contributed by atoms with E-state index in [1.54, 1.807) is 24.3 Å². The molecule has 0 aliphatic rings. The second kappa shape index (κ2) is 4.62. The van der Waals surface area contributed by atoms with Gasteiger partial charge >= 0.3 is 11.7 Å². The van der Waals surface area contributed by atoms with Gasteiger partial charge in [0.15, 0.2) is 0 Å². The van der Waals surface area contributed by atoms with E-state index < -0.39 is 11.7 Å². The molecule has 1 heterocycles. The second-order valence-corrected chi connectivity index (χ2v) is 4.14. The molecule has 6 heteroatoms. The van der Waals surface area contributed by atoms with Crippen molar-refractivity contribution in [1.29, 1.82) is 0 Å². The summed E-state index contributed by atoms with van der Waals surface area (Å²) >= 11 is 5.76. The van der Waals surface area contributed by atoms with E-state index in [-0.39, 0.29) is 17.0 Å². The Kier molecular flexibility index (Phi) is 3.16. The van der Waals surface area contributed by atoms with Gasteiger partial charge in [-0.2, -0.15) is 4.98 Å². The molecule has 92 valence electrons. The van der Waals surface area contributed by atoms with E-state index >= 15 is 0 Å². The summed E-state index contributed by atoms with van der Waals surface area (Å²) in [6.45, 7) is 1.52. The van der Waals surface area contributed by atoms with Crippen LogP contribution in [0.25, 0.3) is 11.3 Å². The van der Waals surface area contributed by atoms with Crippen LogP contribution in [0.4, 0.5) is 0 Å². The number of aryl methyl sites for hydroxylation is 1. The van der Waals surface area contributed by atoms with E-state index in [2.05, 4.69) is 9.97 Å². The number of aromatic amines is 1. The normalized spacial score (nSPS) is 10.3. The Morgan fingerprint density at radius 1 is 1.33 bits per heavy atom. The van der Waals surface area contributed by atoms with Gasteiger partial charge in [-0.3, -0.25) is 0 Å². The maximum atomic E-state index is 11.3. The second-order valence-electron chi connectivity index (χ2n) is 3.70. The zero-order chi connectivity index (χ0) is 13.3. The van der Waals surface area contributed by atoms with E-state index in [4.69, 9.17) is 16.7 Å². The van der Waals surface area contributed by atoms with E-state index in [9.17, 15) is 9.59 Å². The summed E-state index contributed by atoms with van der Waals surface area (Å²) in [4.78, 5) is 28.6. The van der Waals surface area contributed by atoms with Crippen LogP contribution in [-0.2, 0) is 0 Å². The fraction of sp³-hybridized carbons (Fsp3) is 0.0833. The topological polar surface area (TPSA) is 83.0 Å². The first kappa shape index (κ1) is 12.3. The van der Waals surface area contributed by atoms with Gasteiger partial charge in [-0.25, -0.2) is 9.59 Å². The average molecular weight is 265 g/mol. The fourth-order valence-electron chi connectivity index (χ4n) is 1.66. The van der Waals surface area contributed by atoms with Gasteiger partial charge in [0.05, 0.1) is 5.69 Å². The summed E-state index contributed by atoms with van der Waals surface area (Å²) in [6.07, 6.45) is 0. The summed E-state index contributed by atoms with van der Waals surface area (Å²) in [6, 6.07) is 6.47. The molecule has 1 aromatic heterocycles. The van der Waals surface area contributed by atoms with Gasteiger partial charge in [0, 0.05) is 16.3 Å². The molecule has 0 radical (unpaired) electrons. The van der Waals surface area contributed by atoms with Gasteiger partial charge in [-0.1, -0.05) is 23.7 Å². The minimum Gasteiger partial charge on any atom is -0.478 e. The molecule has 0 atom stereocenters. The van der Waals surface area contributed by atoms with E-state index in [1.807, 2.05) is 0 Å². The third-order valence-corrected chi connectivity index (χ3v) is 2.70. The lowest BCUT2D eigenvalue weighted by Gasteiger charge is -2.07. The third kappa shape index (κ3) is 2.26. The number of nitrogens with zero attached hydrogens (tertiary/aromatic N) is 1. The molecule has 0 spiro atoms. The molecule has 2 rings (SSSR count). The summed E-state index contributed by atoms with van der Waals surface area (Å²) in [5.74, 6) is -1.14. The van der Waals surface area contributed by atoms with Crippen molar-refractivity contribution in [3.63, 3.8) is 0 Å². The largest absolute Gasteiger partial charge is 0.478 e. The Morgan fingerprint density at radius 2 is 1.94 bits per heavy atom. The molecule has 5 nitrogen and oxygen atoms in total. The van der Waals surface area contributed by atoms with Crippen molar-refractivity contribution in [2.24, 2.45) is 0 Å². The fourth-order valence-corrected chi connectivity index (χ4v) is 1.79. The predicted molar refractivity (Wildman–Crippen MR) is 67.0 cm³/mol. The molecule has 18 heavy (non-hydrogen) atoms. The minimum atomic E-state index is -1.14. The van der Waals surface area contributed by atoms with Crippen LogP contribution in [0.1, 0.15) is 16.1 Å². The highest BCUT2D eigenvalue weighted by molar-refractivity contribution is 6.30. The van der Waals surface area contributed by atoms with Crippen LogP contribution in [0.15, 0.2) is 29.1 Å². The van der Waals surface area contributed by atoms with Crippen molar-refractivity contribution < 1.29 is 9.90 Å². The molecule has 0 saturated heterocycles. The molecule has 2 N–H and O–H groups in total. The number of aromatic nitrogens is 2. The van der Waals surface area contributed by atoms with Crippen LogP contribution in [0.2, 0.25) is 5.02 Å². The Balaban J connectivity index is 2.73. The lowest BCUT2D eigenvalue weighted by Crippen LogP contribution is -2.18. The Labute approximate surface area is 107 Å². The maximum Gasteiger partial charge on any atom is 0.345 e. The van der Waals surface area contributed by atoms with Crippen molar-refractivity contribution >= 4 is 17.6 Å². The van der Waals surface area contributed by atoms with Gasteiger partial charge in [-0.05, 0) is 19.1 Å². The Hall–Kier alpha value is -2.14. The Bertz CT molecular complexity index is 662. The van der Waals surface area contributed by atoms with Crippen LogP contribution in [-0.4, -0.2) is 21.0 Å². The zero-order valence-corrected chi connectivity index (χ0v) is 10.2. The van der Waals surface area contributed by atoms with Crippen LogP contribution in [0.5, 0.6) is 0 Å². The number of nitrogens with one attached hydrogen (secondary N) is 1. The smallest absolute Gasteiger partial charge is 0.345 e. The number of aromatic carboxylic acids is 1. The monoisotopic (exact) mass is 264 g/mol.